The molecule has 0 bridgehead atoms. The molecule has 0 unspecified atom stereocenters. The zero-order valence-corrected chi connectivity index (χ0v) is 13.6. The number of aliphatic imine (C=N–C) groups is 1. The molecule has 0 aromatic heterocycles. The standard InChI is InChI=1S/C18H21FN4O/c1-20-18(23-13-14-6-5-9-16(19)12-14)22-11-10-21-17(24)15-7-3-2-4-8-15/h2-9,12H,10-11,13H2,1H3,(H,21,24)(H2,20,22,23). The quantitative estimate of drug-likeness (QED) is 0.431. The first-order valence-corrected chi connectivity index (χ1v) is 7.71. The average molecular weight is 328 g/mol. The Bertz CT molecular complexity index is 688. The SMILES string of the molecule is CN=C(NCCNC(=O)c1ccccc1)NCc1cccc(F)c1. The van der Waals surface area contributed by atoms with E-state index < -0.39 is 0 Å². The van der Waals surface area contributed by atoms with Gasteiger partial charge in [0.15, 0.2) is 5.96 Å². The van der Waals surface area contributed by atoms with Crippen molar-refractivity contribution in [3.05, 3.63) is 71.5 Å². The minimum Gasteiger partial charge on any atom is -0.355 e. The van der Waals surface area contributed by atoms with Gasteiger partial charge in [-0.15, -0.1) is 0 Å². The molecule has 2 rings (SSSR count). The summed E-state index contributed by atoms with van der Waals surface area (Å²) in [6.45, 7) is 1.46. The number of amides is 1. The molecule has 0 saturated heterocycles. The fraction of sp³-hybridized carbons (Fsp3) is 0.222. The summed E-state index contributed by atoms with van der Waals surface area (Å²) >= 11 is 0. The molecule has 0 heterocycles. The summed E-state index contributed by atoms with van der Waals surface area (Å²) in [6.07, 6.45) is 0. The van der Waals surface area contributed by atoms with E-state index >= 15 is 0 Å². The van der Waals surface area contributed by atoms with Crippen LogP contribution in [0.4, 0.5) is 4.39 Å². The Morgan fingerprint density at radius 1 is 1.00 bits per heavy atom. The lowest BCUT2D eigenvalue weighted by Crippen LogP contribution is -2.41. The third-order valence-electron chi connectivity index (χ3n) is 3.31. The molecule has 0 atom stereocenters. The van der Waals surface area contributed by atoms with E-state index in [0.717, 1.165) is 5.56 Å². The highest BCUT2D eigenvalue weighted by Crippen LogP contribution is 2.02. The monoisotopic (exact) mass is 328 g/mol. The van der Waals surface area contributed by atoms with Crippen LogP contribution in [0.1, 0.15) is 15.9 Å². The van der Waals surface area contributed by atoms with Crippen LogP contribution in [0, 0.1) is 5.82 Å². The summed E-state index contributed by atoms with van der Waals surface area (Å²) in [5, 5.41) is 9.01. The second kappa shape index (κ2) is 9.29. The Kier molecular flexibility index (Phi) is 6.76. The second-order valence-electron chi connectivity index (χ2n) is 5.10. The van der Waals surface area contributed by atoms with Crippen LogP contribution in [0.3, 0.4) is 0 Å². The van der Waals surface area contributed by atoms with Crippen molar-refractivity contribution in [2.75, 3.05) is 20.1 Å². The van der Waals surface area contributed by atoms with Crippen LogP contribution in [-0.2, 0) is 6.54 Å². The number of nitrogens with one attached hydrogen (secondary N) is 3. The van der Waals surface area contributed by atoms with Crippen molar-refractivity contribution < 1.29 is 9.18 Å². The third-order valence-corrected chi connectivity index (χ3v) is 3.31. The van der Waals surface area contributed by atoms with Crippen LogP contribution < -0.4 is 16.0 Å². The molecular formula is C18H21FN4O. The average Bonchev–Trinajstić information content (AvgIpc) is 2.61. The summed E-state index contributed by atoms with van der Waals surface area (Å²) in [6, 6.07) is 15.4. The zero-order valence-electron chi connectivity index (χ0n) is 13.6. The number of nitrogens with zero attached hydrogens (tertiary/aromatic N) is 1. The minimum atomic E-state index is -0.263. The first-order chi connectivity index (χ1) is 11.7. The van der Waals surface area contributed by atoms with Gasteiger partial charge in [0.2, 0.25) is 0 Å². The van der Waals surface area contributed by atoms with Gasteiger partial charge in [-0.25, -0.2) is 4.39 Å². The summed E-state index contributed by atoms with van der Waals surface area (Å²) < 4.78 is 13.1. The maximum atomic E-state index is 13.1. The Morgan fingerprint density at radius 2 is 1.75 bits per heavy atom. The first-order valence-electron chi connectivity index (χ1n) is 7.71. The molecule has 1 amide bonds. The molecular weight excluding hydrogens is 307 g/mol. The van der Waals surface area contributed by atoms with Crippen LogP contribution in [-0.4, -0.2) is 32.0 Å². The van der Waals surface area contributed by atoms with Crippen LogP contribution in [0.5, 0.6) is 0 Å². The highest BCUT2D eigenvalue weighted by Gasteiger charge is 2.03. The molecule has 24 heavy (non-hydrogen) atoms. The van der Waals surface area contributed by atoms with Crippen molar-refractivity contribution in [3.8, 4) is 0 Å². The van der Waals surface area contributed by atoms with E-state index in [1.54, 1.807) is 25.2 Å². The van der Waals surface area contributed by atoms with Gasteiger partial charge >= 0.3 is 0 Å². The van der Waals surface area contributed by atoms with E-state index in [0.29, 0.717) is 31.2 Å². The normalized spacial score (nSPS) is 11.0. The zero-order chi connectivity index (χ0) is 17.2. The Hall–Kier alpha value is -2.89. The van der Waals surface area contributed by atoms with Crippen LogP contribution in [0.15, 0.2) is 59.6 Å². The van der Waals surface area contributed by atoms with Crippen LogP contribution >= 0.6 is 0 Å². The fourth-order valence-electron chi connectivity index (χ4n) is 2.10. The number of hydrogen-bond acceptors (Lipinski definition) is 2. The lowest BCUT2D eigenvalue weighted by atomic mass is 10.2. The van der Waals surface area contributed by atoms with E-state index in [1.165, 1.54) is 12.1 Å². The molecule has 3 N–H and O–H groups in total. The molecule has 0 saturated carbocycles. The number of halogens is 1. The predicted octanol–water partition coefficient (Wildman–Crippen LogP) is 1.92. The maximum Gasteiger partial charge on any atom is 0.251 e. The number of hydrogen-bond donors (Lipinski definition) is 3. The molecule has 0 radical (unpaired) electrons. The van der Waals surface area contributed by atoms with E-state index in [1.807, 2.05) is 24.3 Å². The summed E-state index contributed by atoms with van der Waals surface area (Å²) in [4.78, 5) is 16.0. The Balaban J connectivity index is 1.69. The summed E-state index contributed by atoms with van der Waals surface area (Å²) in [7, 11) is 1.66. The predicted molar refractivity (Wildman–Crippen MR) is 93.4 cm³/mol. The summed E-state index contributed by atoms with van der Waals surface area (Å²) in [5.74, 6) is 0.217. The molecule has 5 nitrogen and oxygen atoms in total. The molecule has 2 aromatic carbocycles. The third kappa shape index (κ3) is 5.72. The summed E-state index contributed by atoms with van der Waals surface area (Å²) in [5.41, 5.74) is 1.46. The van der Waals surface area contributed by atoms with Gasteiger partial charge in [0.25, 0.3) is 5.91 Å². The van der Waals surface area contributed by atoms with Crippen molar-refractivity contribution in [2.45, 2.75) is 6.54 Å². The smallest absolute Gasteiger partial charge is 0.251 e. The molecule has 2 aromatic rings. The topological polar surface area (TPSA) is 65.5 Å². The first kappa shape index (κ1) is 17.5. The highest BCUT2D eigenvalue weighted by molar-refractivity contribution is 5.94. The van der Waals surface area contributed by atoms with Gasteiger partial charge in [-0.05, 0) is 29.8 Å². The Labute approximate surface area is 141 Å². The van der Waals surface area contributed by atoms with Gasteiger partial charge < -0.3 is 16.0 Å². The largest absolute Gasteiger partial charge is 0.355 e. The van der Waals surface area contributed by atoms with Crippen LogP contribution in [0.2, 0.25) is 0 Å². The van der Waals surface area contributed by atoms with E-state index in [2.05, 4.69) is 20.9 Å². The van der Waals surface area contributed by atoms with Gasteiger partial charge in [-0.2, -0.15) is 0 Å². The van der Waals surface area contributed by atoms with Crippen molar-refractivity contribution >= 4 is 11.9 Å². The van der Waals surface area contributed by atoms with Crippen molar-refractivity contribution in [1.29, 1.82) is 0 Å². The second-order valence-corrected chi connectivity index (χ2v) is 5.10. The van der Waals surface area contributed by atoms with Crippen molar-refractivity contribution in [2.24, 2.45) is 4.99 Å². The van der Waals surface area contributed by atoms with E-state index in [-0.39, 0.29) is 11.7 Å². The minimum absolute atomic E-state index is 0.111. The number of carbonyl (C=O) groups is 1. The van der Waals surface area contributed by atoms with Gasteiger partial charge in [0.05, 0.1) is 0 Å². The lowest BCUT2D eigenvalue weighted by molar-refractivity contribution is 0.0954. The van der Waals surface area contributed by atoms with Gasteiger partial charge in [-0.1, -0.05) is 30.3 Å². The van der Waals surface area contributed by atoms with E-state index in [9.17, 15) is 9.18 Å². The molecule has 6 heteroatoms. The fourth-order valence-corrected chi connectivity index (χ4v) is 2.10. The lowest BCUT2D eigenvalue weighted by Gasteiger charge is -2.12. The molecule has 0 fully saturated rings. The number of guanidine groups is 1. The van der Waals surface area contributed by atoms with Gasteiger partial charge in [-0.3, -0.25) is 9.79 Å². The highest BCUT2D eigenvalue weighted by atomic mass is 19.1. The van der Waals surface area contributed by atoms with Crippen molar-refractivity contribution in [1.82, 2.24) is 16.0 Å². The van der Waals surface area contributed by atoms with Crippen molar-refractivity contribution in [3.63, 3.8) is 0 Å². The maximum absolute atomic E-state index is 13.1. The molecule has 0 aliphatic carbocycles. The molecule has 126 valence electrons. The molecule has 0 aliphatic rings. The molecule has 0 aliphatic heterocycles. The number of carbonyl (C=O) groups excluding carboxylic acids is 1. The van der Waals surface area contributed by atoms with Gasteiger partial charge in [0, 0.05) is 32.2 Å². The van der Waals surface area contributed by atoms with Gasteiger partial charge in [0.1, 0.15) is 5.82 Å². The number of rotatable bonds is 6. The Morgan fingerprint density at radius 3 is 2.46 bits per heavy atom. The number of benzene rings is 2. The van der Waals surface area contributed by atoms with Crippen LogP contribution in [0.25, 0.3) is 0 Å². The molecule has 0 spiro atoms. The van der Waals surface area contributed by atoms with E-state index in [4.69, 9.17) is 0 Å².